The summed E-state index contributed by atoms with van der Waals surface area (Å²) in [5, 5.41) is 2.37. The Kier molecular flexibility index (Phi) is 12.1. The molecular formula is C36H54O5Si2. The van der Waals surface area contributed by atoms with E-state index in [-0.39, 0.29) is 23.0 Å². The average molecular weight is 623 g/mol. The zero-order valence-corrected chi connectivity index (χ0v) is 30.3. The number of ether oxygens (including phenoxy) is 3. The Balaban J connectivity index is 1.94. The largest absolute Gasteiger partial charge is 0.435 e. The van der Waals surface area contributed by atoms with Crippen LogP contribution in [0.4, 0.5) is 0 Å². The van der Waals surface area contributed by atoms with Crippen molar-refractivity contribution in [1.29, 1.82) is 0 Å². The van der Waals surface area contributed by atoms with Gasteiger partial charge in [-0.05, 0) is 44.4 Å². The van der Waals surface area contributed by atoms with E-state index in [1.165, 1.54) is 17.3 Å². The Morgan fingerprint density at radius 3 is 1.77 bits per heavy atom. The number of rotatable bonds is 10. The van der Waals surface area contributed by atoms with E-state index < -0.39 is 29.0 Å². The molecule has 0 aliphatic carbocycles. The van der Waals surface area contributed by atoms with E-state index in [0.717, 1.165) is 0 Å². The van der Waals surface area contributed by atoms with Crippen LogP contribution < -0.4 is 10.4 Å². The summed E-state index contributed by atoms with van der Waals surface area (Å²) in [6.45, 7) is 24.5. The molecule has 7 heteroatoms. The van der Waals surface area contributed by atoms with Crippen LogP contribution in [0.15, 0.2) is 60.7 Å². The maximum Gasteiger partial charge on any atom is 0.304 e. The van der Waals surface area contributed by atoms with E-state index in [0.29, 0.717) is 29.7 Å². The molecule has 1 aliphatic rings. The molecule has 0 saturated carbocycles. The van der Waals surface area contributed by atoms with Gasteiger partial charge in [-0.2, -0.15) is 0 Å². The molecule has 0 amide bonds. The fourth-order valence-electron chi connectivity index (χ4n) is 7.14. The van der Waals surface area contributed by atoms with Crippen molar-refractivity contribution in [3.63, 3.8) is 0 Å². The van der Waals surface area contributed by atoms with Gasteiger partial charge in [-0.15, -0.1) is 5.54 Å². The van der Waals surface area contributed by atoms with Gasteiger partial charge < -0.3 is 18.6 Å². The second-order valence-corrected chi connectivity index (χ2v) is 23.8. The first kappa shape index (κ1) is 35.3. The summed E-state index contributed by atoms with van der Waals surface area (Å²) in [6.07, 6.45) is -1.10. The molecule has 236 valence electrons. The Hall–Kier alpha value is -2.22. The lowest BCUT2D eigenvalue weighted by atomic mass is 10.00. The Bertz CT molecular complexity index is 1170. The molecule has 1 heterocycles. The molecule has 1 fully saturated rings. The number of hydrogen-bond donors (Lipinski definition) is 0. The van der Waals surface area contributed by atoms with Gasteiger partial charge in [-0.25, -0.2) is 0 Å². The van der Waals surface area contributed by atoms with Crippen LogP contribution in [0, 0.1) is 17.4 Å². The lowest BCUT2D eigenvalue weighted by Crippen LogP contribution is -2.66. The first-order chi connectivity index (χ1) is 20.2. The minimum absolute atomic E-state index is 0.120. The van der Waals surface area contributed by atoms with E-state index in [2.05, 4.69) is 134 Å². The molecular weight excluding hydrogens is 569 g/mol. The second kappa shape index (κ2) is 14.7. The molecule has 4 atom stereocenters. The number of carbonyl (C=O) groups is 1. The van der Waals surface area contributed by atoms with Crippen LogP contribution in [0.1, 0.15) is 82.6 Å². The van der Waals surface area contributed by atoms with Gasteiger partial charge >= 0.3 is 5.97 Å². The molecule has 5 nitrogen and oxygen atoms in total. The maximum absolute atomic E-state index is 12.0. The van der Waals surface area contributed by atoms with Crippen molar-refractivity contribution in [2.24, 2.45) is 5.92 Å². The summed E-state index contributed by atoms with van der Waals surface area (Å²) in [7, 11) is -4.69. The molecule has 0 unspecified atom stereocenters. The number of carbonyl (C=O) groups excluding carboxylic acids is 1. The monoisotopic (exact) mass is 622 g/mol. The predicted octanol–water partition coefficient (Wildman–Crippen LogP) is 7.44. The van der Waals surface area contributed by atoms with Crippen LogP contribution in [-0.2, 0) is 23.4 Å². The van der Waals surface area contributed by atoms with Crippen LogP contribution in [0.5, 0.6) is 0 Å². The summed E-state index contributed by atoms with van der Waals surface area (Å²) in [4.78, 5) is 12.0. The molecule has 2 aromatic carbocycles. The minimum Gasteiger partial charge on any atom is -0.435 e. The van der Waals surface area contributed by atoms with Gasteiger partial charge in [0.25, 0.3) is 8.32 Å². The van der Waals surface area contributed by atoms with Crippen molar-refractivity contribution in [3.05, 3.63) is 60.7 Å². The maximum atomic E-state index is 12.0. The van der Waals surface area contributed by atoms with Gasteiger partial charge in [0, 0.05) is 19.4 Å². The predicted molar refractivity (Wildman–Crippen MR) is 181 cm³/mol. The molecule has 43 heavy (non-hydrogen) atoms. The van der Waals surface area contributed by atoms with Crippen molar-refractivity contribution in [3.8, 4) is 11.5 Å². The smallest absolute Gasteiger partial charge is 0.304 e. The van der Waals surface area contributed by atoms with Gasteiger partial charge in [0.2, 0.25) is 12.6 Å². The number of benzene rings is 2. The van der Waals surface area contributed by atoms with Crippen molar-refractivity contribution in [2.45, 2.75) is 123 Å². The van der Waals surface area contributed by atoms with Crippen molar-refractivity contribution >= 4 is 32.7 Å². The van der Waals surface area contributed by atoms with Crippen LogP contribution in [-0.4, -0.2) is 47.7 Å². The third-order valence-electron chi connectivity index (χ3n) is 9.26. The van der Waals surface area contributed by atoms with Crippen molar-refractivity contribution < 1.29 is 23.4 Å². The summed E-state index contributed by atoms with van der Waals surface area (Å²) in [5.41, 5.74) is 5.19. The Labute approximate surface area is 263 Å². The standard InChI is InChI=1S/C36H54O5Si2/c1-26(2)42(27(3)4,28(5)6)25-23-34-40-33(29(7)35(41-34)39-30(8)37)22-24-38-43(36(9,10)11,31-18-14-12-15-19-31)32-20-16-13-17-21-32/h12-21,26-29,33-35H,22,24H2,1-11H3/t29-,33+,34+,35+/m0/s1. The molecule has 0 N–H and O–H groups in total. The first-order valence-corrected chi connectivity index (χ1v) is 20.1. The first-order valence-electron chi connectivity index (χ1n) is 15.9. The van der Waals surface area contributed by atoms with Crippen LogP contribution >= 0.6 is 0 Å². The fourth-order valence-corrected chi connectivity index (χ4v) is 17.0. The van der Waals surface area contributed by atoms with Gasteiger partial charge in [0.1, 0.15) is 8.07 Å². The molecule has 2 aromatic rings. The highest BCUT2D eigenvalue weighted by Crippen LogP contribution is 2.41. The molecule has 3 rings (SSSR count). The summed E-state index contributed by atoms with van der Waals surface area (Å²) in [5.74, 6) is 2.84. The molecule has 1 saturated heterocycles. The van der Waals surface area contributed by atoms with Gasteiger partial charge in [-0.1, -0.05) is 130 Å². The van der Waals surface area contributed by atoms with Crippen LogP contribution in [0.2, 0.25) is 21.7 Å². The summed E-state index contributed by atoms with van der Waals surface area (Å²) in [6, 6.07) is 21.3. The molecule has 0 aromatic heterocycles. The zero-order chi connectivity index (χ0) is 32.0. The highest BCUT2D eigenvalue weighted by molar-refractivity contribution is 6.99. The minimum atomic E-state index is -2.69. The van der Waals surface area contributed by atoms with Crippen LogP contribution in [0.3, 0.4) is 0 Å². The molecule has 0 spiro atoms. The summed E-state index contributed by atoms with van der Waals surface area (Å²) >= 11 is 0. The number of esters is 1. The van der Waals surface area contributed by atoms with Gasteiger partial charge in [0.05, 0.1) is 6.10 Å². The Morgan fingerprint density at radius 2 is 1.35 bits per heavy atom. The van der Waals surface area contributed by atoms with Crippen LogP contribution in [0.25, 0.3) is 0 Å². The van der Waals surface area contributed by atoms with E-state index in [4.69, 9.17) is 18.6 Å². The molecule has 0 radical (unpaired) electrons. The fraction of sp³-hybridized carbons (Fsp3) is 0.583. The quantitative estimate of drug-likeness (QED) is 0.157. The SMILES string of the molecule is CC(=O)O[C@@H]1O[C@H](C#C[Si](C(C)C)(C(C)C)C(C)C)O[C@H](CCO[Si](c2ccccc2)(c2ccccc2)C(C)(C)C)[C@@H]1C. The highest BCUT2D eigenvalue weighted by Gasteiger charge is 2.50. The van der Waals surface area contributed by atoms with E-state index in [9.17, 15) is 4.79 Å². The lowest BCUT2D eigenvalue weighted by molar-refractivity contribution is -0.303. The molecule has 1 aliphatic heterocycles. The number of hydrogen-bond acceptors (Lipinski definition) is 5. The summed E-state index contributed by atoms with van der Waals surface area (Å²) < 4.78 is 25.5. The highest BCUT2D eigenvalue weighted by atomic mass is 28.4. The third kappa shape index (κ3) is 7.72. The van der Waals surface area contributed by atoms with Gasteiger partial charge in [0.15, 0.2) is 0 Å². The van der Waals surface area contributed by atoms with E-state index >= 15 is 0 Å². The zero-order valence-electron chi connectivity index (χ0n) is 28.3. The topological polar surface area (TPSA) is 54.0 Å². The normalized spacial score (nSPS) is 21.5. The van der Waals surface area contributed by atoms with Crippen molar-refractivity contribution in [2.75, 3.05) is 6.61 Å². The average Bonchev–Trinajstić information content (AvgIpc) is 2.93. The van der Waals surface area contributed by atoms with E-state index in [1.807, 2.05) is 6.92 Å². The third-order valence-corrected chi connectivity index (χ3v) is 20.6. The van der Waals surface area contributed by atoms with Crippen molar-refractivity contribution in [1.82, 2.24) is 0 Å². The lowest BCUT2D eigenvalue weighted by Gasteiger charge is -2.44. The second-order valence-electron chi connectivity index (χ2n) is 13.9. The van der Waals surface area contributed by atoms with Gasteiger partial charge in [-0.3, -0.25) is 4.79 Å². The van der Waals surface area contributed by atoms with E-state index in [1.54, 1.807) is 0 Å². The molecule has 0 bridgehead atoms. The Morgan fingerprint density at radius 1 is 0.860 bits per heavy atom.